The molecule has 32 heavy (non-hydrogen) atoms. The van der Waals surface area contributed by atoms with Crippen LogP contribution in [-0.2, 0) is 9.53 Å². The van der Waals surface area contributed by atoms with Crippen LogP contribution in [-0.4, -0.2) is 18.7 Å². The van der Waals surface area contributed by atoms with Crippen LogP contribution in [0.5, 0.6) is 0 Å². The second kappa shape index (κ2) is 11.4. The summed E-state index contributed by atoms with van der Waals surface area (Å²) in [4.78, 5) is 11.4. The van der Waals surface area contributed by atoms with Crippen LogP contribution in [0.1, 0.15) is 19.8 Å². The molecule has 0 aromatic heterocycles. The van der Waals surface area contributed by atoms with Crippen LogP contribution in [0.15, 0.2) is 115 Å². The minimum absolute atomic E-state index is 0.306. The zero-order valence-corrected chi connectivity index (χ0v) is 20.9. The summed E-state index contributed by atoms with van der Waals surface area (Å²) in [6.07, 6.45) is 10.2. The number of halogens is 1. The van der Waals surface area contributed by atoms with E-state index in [9.17, 15) is 4.79 Å². The Kier molecular flexibility index (Phi) is 8.61. The average molecular weight is 509 g/mol. The molecule has 0 saturated heterocycles. The quantitative estimate of drug-likeness (QED) is 0.106. The molecule has 3 rings (SSSR count). The maximum atomic E-state index is 11.4. The first-order valence-corrected chi connectivity index (χ1v) is 15.4. The molecule has 4 heteroatoms. The normalized spacial score (nSPS) is 13.1. The molecule has 0 fully saturated rings. The van der Waals surface area contributed by atoms with Crippen LogP contribution in [0.2, 0.25) is 0 Å². The van der Waals surface area contributed by atoms with E-state index in [-0.39, 0.29) is 5.97 Å². The predicted molar refractivity (Wildman–Crippen MR) is 143 cm³/mol. The molecule has 0 radical (unpaired) electrons. The maximum absolute atomic E-state index is 11.4. The first kappa shape index (κ1) is 24.2. The van der Waals surface area contributed by atoms with Gasteiger partial charge in [-0.2, -0.15) is 0 Å². The number of ether oxygens (including phenoxy) is 1. The molecular weight excluding hydrogens is 479 g/mol. The Hall–Kier alpha value is -2.48. The standard InChI is InChI=1S/C28H30BrO2P/c1-2-31-28(30)23-15-4-3-5-16-24-32(29,25-17-9-6-10-18-25,26-19-11-7-12-20-26)27-21-13-8-14-22-27/h3-4,6-15,17-23H,2,5,16,24H2,1H3/b4-3+,23-15+. The summed E-state index contributed by atoms with van der Waals surface area (Å²) in [7, 11) is 0. The van der Waals surface area contributed by atoms with Crippen molar-refractivity contribution < 1.29 is 9.53 Å². The van der Waals surface area contributed by atoms with Gasteiger partial charge in [-0.05, 0) is 0 Å². The van der Waals surface area contributed by atoms with Gasteiger partial charge in [-0.25, -0.2) is 0 Å². The minimum atomic E-state index is -2.85. The second-order valence-electron chi connectivity index (χ2n) is 7.59. The van der Waals surface area contributed by atoms with Crippen LogP contribution >= 0.6 is 20.8 Å². The van der Waals surface area contributed by atoms with Crippen molar-refractivity contribution >= 4 is 42.7 Å². The van der Waals surface area contributed by atoms with E-state index in [1.807, 2.05) is 6.08 Å². The molecule has 0 aliphatic heterocycles. The van der Waals surface area contributed by atoms with Crippen molar-refractivity contribution in [1.82, 2.24) is 0 Å². The van der Waals surface area contributed by atoms with E-state index < -0.39 is 5.31 Å². The van der Waals surface area contributed by atoms with Crippen molar-refractivity contribution in [2.75, 3.05) is 12.8 Å². The predicted octanol–water partition coefficient (Wildman–Crippen LogP) is 6.28. The van der Waals surface area contributed by atoms with Crippen LogP contribution < -0.4 is 15.9 Å². The molecule has 166 valence electrons. The number of allylic oxidation sites excluding steroid dienone is 3. The van der Waals surface area contributed by atoms with Crippen LogP contribution in [0.3, 0.4) is 0 Å². The Morgan fingerprint density at radius 2 is 1.28 bits per heavy atom. The van der Waals surface area contributed by atoms with Gasteiger partial charge in [-0.1, -0.05) is 0 Å². The number of esters is 1. The first-order chi connectivity index (χ1) is 15.6. The number of unbranched alkanes of at least 4 members (excludes halogenated alkanes) is 1. The molecule has 3 aromatic rings. The number of hydrogen-bond donors (Lipinski definition) is 0. The molecule has 0 aliphatic rings. The Morgan fingerprint density at radius 3 is 1.72 bits per heavy atom. The fourth-order valence-electron chi connectivity index (χ4n) is 4.06. The summed E-state index contributed by atoms with van der Waals surface area (Å²) in [5.41, 5.74) is 0. The molecule has 3 aromatic carbocycles. The monoisotopic (exact) mass is 508 g/mol. The number of benzene rings is 3. The summed E-state index contributed by atoms with van der Waals surface area (Å²) in [6.45, 7) is 2.20. The van der Waals surface area contributed by atoms with E-state index >= 15 is 0 Å². The van der Waals surface area contributed by atoms with Crippen LogP contribution in [0.4, 0.5) is 0 Å². The molecule has 0 aliphatic carbocycles. The second-order valence-corrected chi connectivity index (χ2v) is 16.7. The molecule has 0 amide bonds. The summed E-state index contributed by atoms with van der Waals surface area (Å²) in [5.74, 6) is -0.306. The Balaban J connectivity index is 1.94. The van der Waals surface area contributed by atoms with Crippen LogP contribution in [0, 0.1) is 0 Å². The molecule has 0 spiro atoms. The van der Waals surface area contributed by atoms with Gasteiger partial charge in [-0.15, -0.1) is 0 Å². The van der Waals surface area contributed by atoms with Gasteiger partial charge in [-0.3, -0.25) is 0 Å². The van der Waals surface area contributed by atoms with Gasteiger partial charge in [0, 0.05) is 0 Å². The molecule has 0 N–H and O–H groups in total. The van der Waals surface area contributed by atoms with E-state index in [2.05, 4.69) is 113 Å². The van der Waals surface area contributed by atoms with Gasteiger partial charge in [0.2, 0.25) is 0 Å². The number of hydrogen-bond acceptors (Lipinski definition) is 2. The van der Waals surface area contributed by atoms with Gasteiger partial charge in [0.15, 0.2) is 0 Å². The summed E-state index contributed by atoms with van der Waals surface area (Å²) >= 11 is 4.47. The molecule has 0 atom stereocenters. The van der Waals surface area contributed by atoms with Crippen molar-refractivity contribution in [1.29, 1.82) is 0 Å². The summed E-state index contributed by atoms with van der Waals surface area (Å²) in [6, 6.07) is 32.5. The van der Waals surface area contributed by atoms with Crippen molar-refractivity contribution in [3.8, 4) is 0 Å². The van der Waals surface area contributed by atoms with Crippen molar-refractivity contribution in [2.45, 2.75) is 19.8 Å². The average Bonchev–Trinajstić information content (AvgIpc) is 2.85. The topological polar surface area (TPSA) is 26.3 Å². The van der Waals surface area contributed by atoms with Gasteiger partial charge < -0.3 is 0 Å². The molecule has 0 bridgehead atoms. The Labute approximate surface area is 199 Å². The first-order valence-electron chi connectivity index (χ1n) is 11.0. The van der Waals surface area contributed by atoms with E-state index in [0.29, 0.717) is 6.61 Å². The van der Waals surface area contributed by atoms with E-state index in [0.717, 1.165) is 19.0 Å². The van der Waals surface area contributed by atoms with E-state index in [1.54, 1.807) is 13.0 Å². The fraction of sp³-hybridized carbons (Fsp3) is 0.179. The number of carbonyl (C=O) groups is 1. The Morgan fingerprint density at radius 1 is 0.812 bits per heavy atom. The zero-order chi connectivity index (χ0) is 22.7. The third kappa shape index (κ3) is 5.28. The number of rotatable bonds is 10. The van der Waals surface area contributed by atoms with Gasteiger partial charge >= 0.3 is 200 Å². The number of carbonyl (C=O) groups excluding carboxylic acids is 1. The molecule has 0 heterocycles. The van der Waals surface area contributed by atoms with E-state index in [1.165, 1.54) is 22.0 Å². The van der Waals surface area contributed by atoms with Gasteiger partial charge in [0.1, 0.15) is 0 Å². The Bertz CT molecular complexity index is 947. The third-order valence-corrected chi connectivity index (χ3v) is 15.6. The molecular formula is C28H30BrO2P. The fourth-order valence-corrected chi connectivity index (χ4v) is 11.8. The van der Waals surface area contributed by atoms with Crippen LogP contribution in [0.25, 0.3) is 0 Å². The zero-order valence-electron chi connectivity index (χ0n) is 18.4. The SMILES string of the molecule is CCOC(=O)/C=C/C=C/CCCP(Br)(c1ccccc1)(c1ccccc1)c1ccccc1. The molecule has 0 unspecified atom stereocenters. The summed E-state index contributed by atoms with van der Waals surface area (Å²) in [5, 5.41) is 1.16. The molecule has 0 saturated carbocycles. The summed E-state index contributed by atoms with van der Waals surface area (Å²) < 4.78 is 4.91. The van der Waals surface area contributed by atoms with Gasteiger partial charge in [0.05, 0.1) is 0 Å². The molecule has 2 nitrogen and oxygen atoms in total. The van der Waals surface area contributed by atoms with Gasteiger partial charge in [0.25, 0.3) is 0 Å². The third-order valence-electron chi connectivity index (χ3n) is 5.60. The van der Waals surface area contributed by atoms with Crippen molar-refractivity contribution in [3.05, 3.63) is 115 Å². The van der Waals surface area contributed by atoms with Crippen molar-refractivity contribution in [2.24, 2.45) is 0 Å². The van der Waals surface area contributed by atoms with E-state index in [4.69, 9.17) is 4.74 Å². The van der Waals surface area contributed by atoms with Crippen molar-refractivity contribution in [3.63, 3.8) is 0 Å².